The van der Waals surface area contributed by atoms with E-state index in [1.807, 2.05) is 30.3 Å². The summed E-state index contributed by atoms with van der Waals surface area (Å²) < 4.78 is 0. The average molecular weight is 263 g/mol. The third-order valence-corrected chi connectivity index (χ3v) is 3.20. The van der Waals surface area contributed by atoms with Gasteiger partial charge >= 0.3 is 0 Å². The topological polar surface area (TPSA) is 29.1 Å². The van der Waals surface area contributed by atoms with E-state index in [-0.39, 0.29) is 11.9 Å². The van der Waals surface area contributed by atoms with Gasteiger partial charge in [0.25, 0.3) is 5.91 Å². The highest BCUT2D eigenvalue weighted by Crippen LogP contribution is 2.18. The van der Waals surface area contributed by atoms with Gasteiger partial charge in [-0.1, -0.05) is 60.2 Å². The molecule has 0 bridgehead atoms. The molecule has 2 rings (SSSR count). The lowest BCUT2D eigenvalue weighted by Crippen LogP contribution is -2.28. The van der Waals surface area contributed by atoms with Crippen LogP contribution in [0.5, 0.6) is 0 Å². The third-order valence-electron chi connectivity index (χ3n) is 3.20. The van der Waals surface area contributed by atoms with Gasteiger partial charge in [0.2, 0.25) is 0 Å². The molecule has 100 valence electrons. The number of amides is 1. The van der Waals surface area contributed by atoms with E-state index in [0.717, 1.165) is 12.0 Å². The monoisotopic (exact) mass is 263 g/mol. The van der Waals surface area contributed by atoms with Gasteiger partial charge in [0.1, 0.15) is 0 Å². The van der Waals surface area contributed by atoms with Crippen LogP contribution in [0.15, 0.2) is 54.6 Å². The van der Waals surface area contributed by atoms with Crippen molar-refractivity contribution in [3.63, 3.8) is 0 Å². The van der Waals surface area contributed by atoms with Crippen molar-refractivity contribution >= 4 is 5.91 Å². The molecule has 0 aromatic heterocycles. The highest BCUT2D eigenvalue weighted by atomic mass is 16.1. The Bertz CT molecular complexity index is 608. The van der Waals surface area contributed by atoms with E-state index in [4.69, 9.17) is 6.42 Å². The van der Waals surface area contributed by atoms with Crippen molar-refractivity contribution in [3.05, 3.63) is 71.3 Å². The van der Waals surface area contributed by atoms with Crippen molar-refractivity contribution < 1.29 is 4.79 Å². The molecule has 2 heteroatoms. The SMILES string of the molecule is C#CC(=O)NC(Cc1ccc(C)cc1)c1ccccc1. The van der Waals surface area contributed by atoms with Gasteiger partial charge in [-0.25, -0.2) is 0 Å². The highest BCUT2D eigenvalue weighted by Gasteiger charge is 2.13. The van der Waals surface area contributed by atoms with Crippen LogP contribution in [0.2, 0.25) is 0 Å². The molecular formula is C18H17NO. The van der Waals surface area contributed by atoms with Crippen LogP contribution in [0.25, 0.3) is 0 Å². The van der Waals surface area contributed by atoms with Crippen molar-refractivity contribution in [2.45, 2.75) is 19.4 Å². The van der Waals surface area contributed by atoms with E-state index in [1.54, 1.807) is 0 Å². The lowest BCUT2D eigenvalue weighted by Gasteiger charge is -2.18. The molecule has 0 fully saturated rings. The first-order valence-corrected chi connectivity index (χ1v) is 6.56. The maximum atomic E-state index is 11.5. The number of benzene rings is 2. The predicted octanol–water partition coefficient (Wildman–Crippen LogP) is 3.03. The Morgan fingerprint density at radius 2 is 1.80 bits per heavy atom. The molecule has 20 heavy (non-hydrogen) atoms. The van der Waals surface area contributed by atoms with Gasteiger partial charge in [-0.05, 0) is 30.4 Å². The minimum absolute atomic E-state index is 0.109. The number of terminal acetylenes is 1. The van der Waals surface area contributed by atoms with Gasteiger partial charge in [0, 0.05) is 0 Å². The fourth-order valence-electron chi connectivity index (χ4n) is 2.10. The molecule has 2 nitrogen and oxygen atoms in total. The summed E-state index contributed by atoms with van der Waals surface area (Å²) in [4.78, 5) is 11.5. The molecule has 0 spiro atoms. The Balaban J connectivity index is 2.21. The molecule has 1 atom stereocenters. The van der Waals surface area contributed by atoms with Gasteiger partial charge in [0.15, 0.2) is 0 Å². The first-order chi connectivity index (χ1) is 9.69. The zero-order chi connectivity index (χ0) is 14.4. The number of hydrogen-bond acceptors (Lipinski definition) is 1. The molecular weight excluding hydrogens is 246 g/mol. The first kappa shape index (κ1) is 13.9. The van der Waals surface area contributed by atoms with Gasteiger partial charge < -0.3 is 5.32 Å². The zero-order valence-corrected chi connectivity index (χ0v) is 11.5. The summed E-state index contributed by atoms with van der Waals surface area (Å²) in [6, 6.07) is 18.0. The van der Waals surface area contributed by atoms with Crippen LogP contribution in [0, 0.1) is 19.3 Å². The average Bonchev–Trinajstić information content (AvgIpc) is 2.49. The van der Waals surface area contributed by atoms with E-state index in [9.17, 15) is 4.79 Å². The van der Waals surface area contributed by atoms with Crippen LogP contribution >= 0.6 is 0 Å². The minimum Gasteiger partial charge on any atom is -0.338 e. The Kier molecular flexibility index (Phi) is 4.57. The molecule has 0 saturated heterocycles. The normalized spacial score (nSPS) is 11.4. The lowest BCUT2D eigenvalue weighted by atomic mass is 9.98. The van der Waals surface area contributed by atoms with E-state index in [1.165, 1.54) is 11.1 Å². The second-order valence-electron chi connectivity index (χ2n) is 4.77. The maximum absolute atomic E-state index is 11.5. The first-order valence-electron chi connectivity index (χ1n) is 6.56. The summed E-state index contributed by atoms with van der Waals surface area (Å²) in [7, 11) is 0. The summed E-state index contributed by atoms with van der Waals surface area (Å²) >= 11 is 0. The van der Waals surface area contributed by atoms with Crippen LogP contribution in [-0.2, 0) is 11.2 Å². The highest BCUT2D eigenvalue weighted by molar-refractivity contribution is 5.93. The van der Waals surface area contributed by atoms with Gasteiger partial charge in [-0.3, -0.25) is 4.79 Å². The Morgan fingerprint density at radius 1 is 1.15 bits per heavy atom. The molecule has 0 saturated carbocycles. The van der Waals surface area contributed by atoms with Crippen molar-refractivity contribution in [2.24, 2.45) is 0 Å². The molecule has 0 aliphatic carbocycles. The molecule has 0 heterocycles. The van der Waals surface area contributed by atoms with Gasteiger partial charge in [-0.15, -0.1) is 6.42 Å². The molecule has 0 aliphatic heterocycles. The number of hydrogen-bond donors (Lipinski definition) is 1. The summed E-state index contributed by atoms with van der Waals surface area (Å²) in [5, 5.41) is 2.87. The maximum Gasteiger partial charge on any atom is 0.296 e. The predicted molar refractivity (Wildman–Crippen MR) is 81.0 cm³/mol. The Hall–Kier alpha value is -2.53. The summed E-state index contributed by atoms with van der Waals surface area (Å²) in [5.41, 5.74) is 3.44. The van der Waals surface area contributed by atoms with E-state index in [2.05, 4.69) is 42.4 Å². The van der Waals surface area contributed by atoms with Gasteiger partial charge in [-0.2, -0.15) is 0 Å². The number of carbonyl (C=O) groups is 1. The quantitative estimate of drug-likeness (QED) is 0.844. The lowest BCUT2D eigenvalue weighted by molar-refractivity contribution is -0.116. The number of rotatable bonds is 4. The Morgan fingerprint density at radius 3 is 2.40 bits per heavy atom. The van der Waals surface area contributed by atoms with Crippen LogP contribution < -0.4 is 5.32 Å². The third kappa shape index (κ3) is 3.73. The van der Waals surface area contributed by atoms with E-state index in [0.29, 0.717) is 0 Å². The van der Waals surface area contributed by atoms with Crippen molar-refractivity contribution in [1.29, 1.82) is 0 Å². The molecule has 1 amide bonds. The standard InChI is InChI=1S/C18H17NO/c1-3-18(20)19-17(16-7-5-4-6-8-16)13-15-11-9-14(2)10-12-15/h1,4-12,17H,13H2,2H3,(H,19,20). The summed E-state index contributed by atoms with van der Waals surface area (Å²) in [6.07, 6.45) is 5.87. The summed E-state index contributed by atoms with van der Waals surface area (Å²) in [5.74, 6) is 1.73. The molecule has 2 aromatic carbocycles. The molecule has 2 aromatic rings. The van der Waals surface area contributed by atoms with Crippen LogP contribution in [-0.4, -0.2) is 5.91 Å². The van der Waals surface area contributed by atoms with E-state index >= 15 is 0 Å². The minimum atomic E-state index is -0.383. The van der Waals surface area contributed by atoms with E-state index < -0.39 is 0 Å². The van der Waals surface area contributed by atoms with Crippen LogP contribution in [0.3, 0.4) is 0 Å². The van der Waals surface area contributed by atoms with Crippen molar-refractivity contribution in [2.75, 3.05) is 0 Å². The molecule has 1 N–H and O–H groups in total. The number of carbonyl (C=O) groups excluding carboxylic acids is 1. The zero-order valence-electron chi connectivity index (χ0n) is 11.5. The number of nitrogens with one attached hydrogen (secondary N) is 1. The molecule has 0 radical (unpaired) electrons. The smallest absolute Gasteiger partial charge is 0.296 e. The van der Waals surface area contributed by atoms with Crippen molar-refractivity contribution in [3.8, 4) is 12.3 Å². The van der Waals surface area contributed by atoms with Gasteiger partial charge in [0.05, 0.1) is 6.04 Å². The fourth-order valence-corrected chi connectivity index (χ4v) is 2.10. The largest absolute Gasteiger partial charge is 0.338 e. The van der Waals surface area contributed by atoms with Crippen LogP contribution in [0.4, 0.5) is 0 Å². The second-order valence-corrected chi connectivity index (χ2v) is 4.77. The van der Waals surface area contributed by atoms with Crippen molar-refractivity contribution in [1.82, 2.24) is 5.32 Å². The van der Waals surface area contributed by atoms with Crippen LogP contribution in [0.1, 0.15) is 22.7 Å². The molecule has 1 unspecified atom stereocenters. The molecule has 0 aliphatic rings. The fraction of sp³-hybridized carbons (Fsp3) is 0.167. The Labute approximate surface area is 119 Å². The summed E-state index contributed by atoms with van der Waals surface area (Å²) in [6.45, 7) is 2.05. The second kappa shape index (κ2) is 6.58. The number of aryl methyl sites for hydroxylation is 1.